The number of carbonyl (C=O) groups excluding carboxylic acids is 2. The zero-order valence-electron chi connectivity index (χ0n) is 15.4. The molecule has 3 aromatic rings. The molecule has 1 heterocycles. The molecule has 8 heteroatoms. The molecule has 0 radical (unpaired) electrons. The molecule has 0 saturated carbocycles. The molecule has 0 atom stereocenters. The summed E-state index contributed by atoms with van der Waals surface area (Å²) in [5.41, 5.74) is 2.02. The van der Waals surface area contributed by atoms with E-state index in [4.69, 9.17) is 16.3 Å². The number of ether oxygens (including phenoxy) is 1. The number of nitrogens with one attached hydrogen (secondary N) is 1. The monoisotopic (exact) mass is 413 g/mol. The minimum Gasteiger partial charge on any atom is -0.452 e. The first-order valence-electron chi connectivity index (χ1n) is 8.61. The first-order valence-corrected chi connectivity index (χ1v) is 8.99. The average Bonchev–Trinajstić information content (AvgIpc) is 3.05. The third kappa shape index (κ3) is 5.76. The highest BCUT2D eigenvalue weighted by molar-refractivity contribution is 6.30. The third-order valence-corrected chi connectivity index (χ3v) is 4.15. The fourth-order valence-electron chi connectivity index (χ4n) is 2.48. The van der Waals surface area contributed by atoms with Gasteiger partial charge in [0.05, 0.1) is 5.69 Å². The van der Waals surface area contributed by atoms with E-state index in [0.29, 0.717) is 22.1 Å². The molecule has 0 bridgehead atoms. The van der Waals surface area contributed by atoms with Gasteiger partial charge in [-0.25, -0.2) is 9.18 Å². The molecule has 0 unspecified atom stereocenters. The van der Waals surface area contributed by atoms with Crippen molar-refractivity contribution in [3.63, 3.8) is 0 Å². The van der Waals surface area contributed by atoms with E-state index in [2.05, 4.69) is 10.4 Å². The van der Waals surface area contributed by atoms with Gasteiger partial charge in [-0.05, 0) is 35.9 Å². The average molecular weight is 414 g/mol. The molecule has 2 aromatic carbocycles. The highest BCUT2D eigenvalue weighted by atomic mass is 35.5. The van der Waals surface area contributed by atoms with Crippen molar-refractivity contribution in [1.82, 2.24) is 9.78 Å². The normalized spacial score (nSPS) is 10.9. The number of halogens is 2. The smallest absolute Gasteiger partial charge is 0.331 e. The number of benzene rings is 2. The minimum absolute atomic E-state index is 0.408. The molecular formula is C21H17ClFN3O3. The fraction of sp³-hybridized carbons (Fsp3) is 0.0952. The molecule has 0 fully saturated rings. The summed E-state index contributed by atoms with van der Waals surface area (Å²) in [6.07, 6.45) is 2.54. The summed E-state index contributed by atoms with van der Waals surface area (Å²) in [6.45, 7) is -0.465. The van der Waals surface area contributed by atoms with Gasteiger partial charge >= 0.3 is 5.97 Å². The van der Waals surface area contributed by atoms with Crippen LogP contribution in [0.4, 0.5) is 10.2 Å². The molecule has 29 heavy (non-hydrogen) atoms. The maximum absolute atomic E-state index is 13.1. The van der Waals surface area contributed by atoms with Crippen LogP contribution in [-0.2, 0) is 21.4 Å². The Labute approximate surface area is 171 Å². The first-order chi connectivity index (χ1) is 13.9. The van der Waals surface area contributed by atoms with Crippen LogP contribution < -0.4 is 5.32 Å². The Kier molecular flexibility index (Phi) is 6.41. The van der Waals surface area contributed by atoms with Gasteiger partial charge in [-0.3, -0.25) is 9.48 Å². The summed E-state index contributed by atoms with van der Waals surface area (Å²) >= 11 is 5.88. The molecule has 1 amide bonds. The lowest BCUT2D eigenvalue weighted by Gasteiger charge is -2.05. The van der Waals surface area contributed by atoms with Crippen LogP contribution in [0.1, 0.15) is 5.56 Å². The fourth-order valence-corrected chi connectivity index (χ4v) is 2.61. The van der Waals surface area contributed by atoms with E-state index in [9.17, 15) is 14.0 Å². The van der Waals surface area contributed by atoms with E-state index in [-0.39, 0.29) is 0 Å². The lowest BCUT2D eigenvalue weighted by molar-refractivity contribution is -0.142. The Morgan fingerprint density at radius 2 is 1.97 bits per heavy atom. The van der Waals surface area contributed by atoms with Gasteiger partial charge in [-0.1, -0.05) is 35.9 Å². The van der Waals surface area contributed by atoms with E-state index in [1.807, 2.05) is 12.1 Å². The van der Waals surface area contributed by atoms with Crippen LogP contribution in [0.5, 0.6) is 0 Å². The van der Waals surface area contributed by atoms with E-state index in [0.717, 1.165) is 11.6 Å². The maximum atomic E-state index is 13.1. The third-order valence-electron chi connectivity index (χ3n) is 3.89. The van der Waals surface area contributed by atoms with Crippen molar-refractivity contribution in [3.05, 3.63) is 77.1 Å². The predicted octanol–water partition coefficient (Wildman–Crippen LogP) is 4.07. The number of amides is 1. The van der Waals surface area contributed by atoms with Crippen molar-refractivity contribution in [3.8, 4) is 11.3 Å². The second-order valence-corrected chi connectivity index (χ2v) is 6.53. The van der Waals surface area contributed by atoms with Crippen LogP contribution in [0.3, 0.4) is 0 Å². The van der Waals surface area contributed by atoms with Gasteiger partial charge in [0.1, 0.15) is 11.6 Å². The largest absolute Gasteiger partial charge is 0.452 e. The number of carbonyl (C=O) groups is 2. The Bertz CT molecular complexity index is 1060. The molecule has 0 saturated heterocycles. The van der Waals surface area contributed by atoms with Gasteiger partial charge in [0, 0.05) is 29.8 Å². The van der Waals surface area contributed by atoms with Gasteiger partial charge in [-0.15, -0.1) is 0 Å². The van der Waals surface area contributed by atoms with Gasteiger partial charge in [0.15, 0.2) is 6.61 Å². The molecule has 1 aromatic heterocycles. The summed E-state index contributed by atoms with van der Waals surface area (Å²) in [7, 11) is 1.68. The van der Waals surface area contributed by atoms with Crippen molar-refractivity contribution in [2.45, 2.75) is 0 Å². The predicted molar refractivity (Wildman–Crippen MR) is 109 cm³/mol. The lowest BCUT2D eigenvalue weighted by Crippen LogP contribution is -2.21. The Morgan fingerprint density at radius 1 is 1.21 bits per heavy atom. The SMILES string of the molecule is Cn1nc(-c2ccc(Cl)cc2)cc1NC(=O)COC(=O)/C=C/c1cccc(F)c1. The number of anilines is 1. The maximum Gasteiger partial charge on any atom is 0.331 e. The molecule has 6 nitrogen and oxygen atoms in total. The number of hydrogen-bond donors (Lipinski definition) is 1. The van der Waals surface area contributed by atoms with Crippen LogP contribution in [-0.4, -0.2) is 28.3 Å². The van der Waals surface area contributed by atoms with Crippen LogP contribution in [0.15, 0.2) is 60.7 Å². The molecule has 148 valence electrons. The van der Waals surface area contributed by atoms with Gasteiger partial charge < -0.3 is 10.1 Å². The number of hydrogen-bond acceptors (Lipinski definition) is 4. The summed E-state index contributed by atoms with van der Waals surface area (Å²) < 4.78 is 19.5. The molecule has 0 spiro atoms. The van der Waals surface area contributed by atoms with Gasteiger partial charge in [0.2, 0.25) is 0 Å². The second-order valence-electron chi connectivity index (χ2n) is 6.09. The number of aromatic nitrogens is 2. The highest BCUT2D eigenvalue weighted by Gasteiger charge is 2.11. The molecule has 1 N–H and O–H groups in total. The molecule has 0 aliphatic rings. The van der Waals surface area contributed by atoms with E-state index in [1.165, 1.54) is 29.0 Å². The number of esters is 1. The molecule has 0 aliphatic carbocycles. The number of aryl methyl sites for hydroxylation is 1. The zero-order chi connectivity index (χ0) is 20.8. The quantitative estimate of drug-likeness (QED) is 0.488. The van der Waals surface area contributed by atoms with Crippen LogP contribution in [0.2, 0.25) is 5.02 Å². The van der Waals surface area contributed by atoms with Gasteiger partial charge in [0.25, 0.3) is 5.91 Å². The van der Waals surface area contributed by atoms with Crippen molar-refractivity contribution in [2.75, 3.05) is 11.9 Å². The topological polar surface area (TPSA) is 73.2 Å². The Balaban J connectivity index is 1.54. The molecular weight excluding hydrogens is 397 g/mol. The van der Waals surface area contributed by atoms with Crippen LogP contribution in [0, 0.1) is 5.82 Å². The zero-order valence-corrected chi connectivity index (χ0v) is 16.2. The minimum atomic E-state index is -0.712. The summed E-state index contributed by atoms with van der Waals surface area (Å²) in [6, 6.07) is 14.6. The number of nitrogens with zero attached hydrogens (tertiary/aromatic N) is 2. The standard InChI is InChI=1S/C21H17ClFN3O3/c1-26-19(12-18(25-26)15-6-8-16(22)9-7-15)24-20(27)13-29-21(28)10-5-14-3-2-4-17(23)11-14/h2-12H,13H2,1H3,(H,24,27)/b10-5+. The summed E-state index contributed by atoms with van der Waals surface area (Å²) in [5.74, 6) is -1.18. The van der Waals surface area contributed by atoms with Crippen molar-refractivity contribution >= 4 is 35.4 Å². The Hall–Kier alpha value is -3.45. The van der Waals surface area contributed by atoms with Gasteiger partial charge in [-0.2, -0.15) is 5.10 Å². The second kappa shape index (κ2) is 9.16. The van der Waals surface area contributed by atoms with E-state index >= 15 is 0 Å². The van der Waals surface area contributed by atoms with Crippen LogP contribution in [0.25, 0.3) is 17.3 Å². The highest BCUT2D eigenvalue weighted by Crippen LogP contribution is 2.23. The van der Waals surface area contributed by atoms with Crippen LogP contribution >= 0.6 is 11.6 Å². The lowest BCUT2D eigenvalue weighted by atomic mass is 10.1. The summed E-state index contributed by atoms with van der Waals surface area (Å²) in [5, 5.41) is 7.59. The van der Waals surface area contributed by atoms with Crippen molar-refractivity contribution in [2.24, 2.45) is 7.05 Å². The summed E-state index contributed by atoms with van der Waals surface area (Å²) in [4.78, 5) is 23.8. The van der Waals surface area contributed by atoms with E-state index in [1.54, 1.807) is 31.3 Å². The van der Waals surface area contributed by atoms with Crippen molar-refractivity contribution in [1.29, 1.82) is 0 Å². The molecule has 3 rings (SSSR count). The molecule has 0 aliphatic heterocycles. The number of rotatable bonds is 6. The van der Waals surface area contributed by atoms with Crippen molar-refractivity contribution < 1.29 is 18.7 Å². The first kappa shape index (κ1) is 20.3. The Morgan fingerprint density at radius 3 is 2.69 bits per heavy atom. The van der Waals surface area contributed by atoms with E-state index < -0.39 is 24.3 Å².